The molecule has 0 atom stereocenters. The van der Waals surface area contributed by atoms with Gasteiger partial charge in [0, 0.05) is 31.7 Å². The van der Waals surface area contributed by atoms with Crippen LogP contribution >= 0.6 is 0 Å². The molecule has 0 aliphatic carbocycles. The maximum atomic E-state index is 12.1. The second-order valence-corrected chi connectivity index (χ2v) is 5.63. The Balaban J connectivity index is 1.44. The van der Waals surface area contributed by atoms with Gasteiger partial charge in [-0.1, -0.05) is 18.2 Å². The fourth-order valence-corrected chi connectivity index (χ4v) is 2.72. The van der Waals surface area contributed by atoms with Crippen LogP contribution in [-0.2, 0) is 19.5 Å². The summed E-state index contributed by atoms with van der Waals surface area (Å²) in [5.74, 6) is 0.885. The molecule has 7 heteroatoms. The summed E-state index contributed by atoms with van der Waals surface area (Å²) in [6.45, 7) is 1.78. The molecule has 0 bridgehead atoms. The van der Waals surface area contributed by atoms with E-state index in [4.69, 9.17) is 0 Å². The first kappa shape index (κ1) is 15.3. The van der Waals surface area contributed by atoms with Crippen LogP contribution in [0.4, 0.5) is 10.5 Å². The van der Waals surface area contributed by atoms with Crippen molar-refractivity contribution in [3.63, 3.8) is 0 Å². The largest absolute Gasteiger partial charge is 0.345 e. The highest BCUT2D eigenvalue weighted by Crippen LogP contribution is 2.09. The SMILES string of the molecule is O=C(NCCCn1nc2n(c1=O)CCCC2)Nc1ccccc1. The van der Waals surface area contributed by atoms with Gasteiger partial charge in [-0.25, -0.2) is 14.3 Å². The molecule has 3 rings (SSSR count). The van der Waals surface area contributed by atoms with Gasteiger partial charge in [0.15, 0.2) is 0 Å². The number of nitrogens with zero attached hydrogens (tertiary/aromatic N) is 3. The molecule has 23 heavy (non-hydrogen) atoms. The van der Waals surface area contributed by atoms with Crippen LogP contribution in [0.5, 0.6) is 0 Å². The molecule has 0 saturated heterocycles. The maximum absolute atomic E-state index is 12.1. The molecule has 0 spiro atoms. The molecule has 2 amide bonds. The minimum Gasteiger partial charge on any atom is -0.338 e. The average Bonchev–Trinajstić information content (AvgIpc) is 2.89. The predicted octanol–water partition coefficient (Wildman–Crippen LogP) is 1.59. The average molecular weight is 315 g/mol. The van der Waals surface area contributed by atoms with E-state index in [9.17, 15) is 9.59 Å². The molecule has 1 aliphatic heterocycles. The number of fused-ring (bicyclic) bond motifs is 1. The predicted molar refractivity (Wildman–Crippen MR) is 87.5 cm³/mol. The van der Waals surface area contributed by atoms with Crippen molar-refractivity contribution in [2.75, 3.05) is 11.9 Å². The van der Waals surface area contributed by atoms with Gasteiger partial charge in [-0.05, 0) is 31.4 Å². The van der Waals surface area contributed by atoms with Crippen molar-refractivity contribution in [2.24, 2.45) is 0 Å². The molecule has 122 valence electrons. The van der Waals surface area contributed by atoms with Gasteiger partial charge in [0.25, 0.3) is 0 Å². The lowest BCUT2D eigenvalue weighted by atomic mass is 10.2. The highest BCUT2D eigenvalue weighted by Gasteiger charge is 2.16. The molecule has 0 radical (unpaired) electrons. The van der Waals surface area contributed by atoms with Crippen LogP contribution in [0.3, 0.4) is 0 Å². The quantitative estimate of drug-likeness (QED) is 0.822. The summed E-state index contributed by atoms with van der Waals surface area (Å²) >= 11 is 0. The van der Waals surface area contributed by atoms with E-state index in [1.165, 1.54) is 4.68 Å². The van der Waals surface area contributed by atoms with Crippen LogP contribution in [0.25, 0.3) is 0 Å². The van der Waals surface area contributed by atoms with Gasteiger partial charge in [0.1, 0.15) is 5.82 Å². The second kappa shape index (κ2) is 7.13. The number of anilines is 1. The number of para-hydroxylation sites is 1. The van der Waals surface area contributed by atoms with Gasteiger partial charge in [-0.3, -0.25) is 4.57 Å². The van der Waals surface area contributed by atoms with Crippen LogP contribution in [-0.4, -0.2) is 26.9 Å². The van der Waals surface area contributed by atoms with Crippen LogP contribution in [0.2, 0.25) is 0 Å². The number of rotatable bonds is 5. The Kier molecular flexibility index (Phi) is 4.75. The summed E-state index contributed by atoms with van der Waals surface area (Å²) in [5, 5.41) is 9.91. The van der Waals surface area contributed by atoms with Crippen molar-refractivity contribution in [3.05, 3.63) is 46.6 Å². The molecular formula is C16H21N5O2. The zero-order chi connectivity index (χ0) is 16.1. The molecule has 2 heterocycles. The van der Waals surface area contributed by atoms with E-state index < -0.39 is 0 Å². The van der Waals surface area contributed by atoms with Crippen LogP contribution < -0.4 is 16.3 Å². The summed E-state index contributed by atoms with van der Waals surface area (Å²) in [6, 6.07) is 9.03. The van der Waals surface area contributed by atoms with Crippen molar-refractivity contribution in [1.82, 2.24) is 19.7 Å². The molecule has 2 N–H and O–H groups in total. The number of amides is 2. The minimum absolute atomic E-state index is 0.0339. The van der Waals surface area contributed by atoms with Crippen molar-refractivity contribution < 1.29 is 4.79 Å². The Morgan fingerprint density at radius 1 is 1.22 bits per heavy atom. The summed E-state index contributed by atoms with van der Waals surface area (Å²) in [4.78, 5) is 23.9. The van der Waals surface area contributed by atoms with Gasteiger partial charge < -0.3 is 10.6 Å². The van der Waals surface area contributed by atoms with Crippen molar-refractivity contribution >= 4 is 11.7 Å². The number of aromatic nitrogens is 3. The number of carbonyl (C=O) groups excluding carboxylic acids is 1. The van der Waals surface area contributed by atoms with E-state index in [2.05, 4.69) is 15.7 Å². The number of benzene rings is 1. The maximum Gasteiger partial charge on any atom is 0.345 e. The lowest BCUT2D eigenvalue weighted by molar-refractivity contribution is 0.251. The zero-order valence-electron chi connectivity index (χ0n) is 13.0. The van der Waals surface area contributed by atoms with E-state index in [1.54, 1.807) is 4.57 Å². The van der Waals surface area contributed by atoms with E-state index in [0.717, 1.165) is 37.3 Å². The Hall–Kier alpha value is -2.57. The molecule has 1 aliphatic rings. The van der Waals surface area contributed by atoms with Crippen molar-refractivity contribution in [3.8, 4) is 0 Å². The smallest absolute Gasteiger partial charge is 0.338 e. The molecule has 1 aromatic carbocycles. The van der Waals surface area contributed by atoms with E-state index in [1.807, 2.05) is 30.3 Å². The highest BCUT2D eigenvalue weighted by molar-refractivity contribution is 5.89. The van der Waals surface area contributed by atoms with Gasteiger partial charge >= 0.3 is 11.7 Å². The summed E-state index contributed by atoms with van der Waals surface area (Å²) in [7, 11) is 0. The van der Waals surface area contributed by atoms with Crippen LogP contribution in [0.15, 0.2) is 35.1 Å². The van der Waals surface area contributed by atoms with E-state index >= 15 is 0 Å². The van der Waals surface area contributed by atoms with Crippen LogP contribution in [0.1, 0.15) is 25.1 Å². The first-order valence-corrected chi connectivity index (χ1v) is 8.00. The van der Waals surface area contributed by atoms with E-state index in [-0.39, 0.29) is 11.7 Å². The topological polar surface area (TPSA) is 81.0 Å². The van der Waals surface area contributed by atoms with Crippen LogP contribution in [0, 0.1) is 0 Å². The third-order valence-electron chi connectivity index (χ3n) is 3.90. The van der Waals surface area contributed by atoms with Gasteiger partial charge in [0.2, 0.25) is 0 Å². The van der Waals surface area contributed by atoms with E-state index in [0.29, 0.717) is 19.5 Å². The summed E-state index contributed by atoms with van der Waals surface area (Å²) in [6.07, 6.45) is 3.68. The number of carbonyl (C=O) groups is 1. The fourth-order valence-electron chi connectivity index (χ4n) is 2.72. The normalized spacial score (nSPS) is 13.4. The lowest BCUT2D eigenvalue weighted by Gasteiger charge is -2.09. The molecule has 0 unspecified atom stereocenters. The first-order chi connectivity index (χ1) is 11.2. The molecule has 7 nitrogen and oxygen atoms in total. The Labute approximate surface area is 134 Å². The van der Waals surface area contributed by atoms with Gasteiger partial charge in [-0.15, -0.1) is 0 Å². The third-order valence-corrected chi connectivity index (χ3v) is 3.90. The second-order valence-electron chi connectivity index (χ2n) is 5.63. The van der Waals surface area contributed by atoms with Crippen molar-refractivity contribution in [2.45, 2.75) is 38.8 Å². The molecular weight excluding hydrogens is 294 g/mol. The summed E-state index contributed by atoms with van der Waals surface area (Å²) < 4.78 is 3.27. The fraction of sp³-hybridized carbons (Fsp3) is 0.438. The standard InChI is InChI=1S/C16H21N5O2/c22-15(18-13-7-2-1-3-8-13)17-10-6-12-21-16(23)20-11-5-4-9-14(20)19-21/h1-3,7-8H,4-6,9-12H2,(H2,17,18,22). The Morgan fingerprint density at radius 3 is 2.83 bits per heavy atom. The Morgan fingerprint density at radius 2 is 2.04 bits per heavy atom. The molecule has 2 aromatic rings. The molecule has 0 fully saturated rings. The van der Waals surface area contributed by atoms with Crippen molar-refractivity contribution in [1.29, 1.82) is 0 Å². The number of nitrogens with one attached hydrogen (secondary N) is 2. The summed E-state index contributed by atoms with van der Waals surface area (Å²) in [5.41, 5.74) is 0.719. The zero-order valence-corrected chi connectivity index (χ0v) is 13.0. The number of hydrogen-bond donors (Lipinski definition) is 2. The molecule has 0 saturated carbocycles. The van der Waals surface area contributed by atoms with Gasteiger partial charge in [-0.2, -0.15) is 5.10 Å². The lowest BCUT2D eigenvalue weighted by Crippen LogP contribution is -2.31. The third kappa shape index (κ3) is 3.80. The molecule has 1 aromatic heterocycles. The first-order valence-electron chi connectivity index (χ1n) is 8.00. The monoisotopic (exact) mass is 315 g/mol. The van der Waals surface area contributed by atoms with Gasteiger partial charge in [0.05, 0.1) is 0 Å². The Bertz CT molecular complexity index is 720. The minimum atomic E-state index is -0.243. The number of aryl methyl sites for hydroxylation is 2. The number of urea groups is 1. The number of hydrogen-bond acceptors (Lipinski definition) is 3. The highest BCUT2D eigenvalue weighted by atomic mass is 16.2.